The summed E-state index contributed by atoms with van der Waals surface area (Å²) in [5, 5.41) is 0. The van der Waals surface area contributed by atoms with Gasteiger partial charge in [0.05, 0.1) is 26.4 Å². The van der Waals surface area contributed by atoms with Crippen LogP contribution in [0, 0.1) is 34.0 Å². The van der Waals surface area contributed by atoms with Crippen LogP contribution in [-0.2, 0) is 28.6 Å². The number of rotatable bonds is 43. The third-order valence-electron chi connectivity index (χ3n) is 16.0. The predicted octanol–water partition coefficient (Wildman–Crippen LogP) is 16.1. The lowest BCUT2D eigenvalue weighted by molar-refractivity contribution is -0.212. The average molecular weight is 900 g/mol. The second kappa shape index (κ2) is 33.8. The van der Waals surface area contributed by atoms with Crippen molar-refractivity contribution in [1.82, 2.24) is 0 Å². The van der Waals surface area contributed by atoms with Crippen molar-refractivity contribution in [3.05, 3.63) is 0 Å². The Morgan fingerprint density at radius 3 is 0.922 bits per heavy atom. The van der Waals surface area contributed by atoms with Gasteiger partial charge in [0.25, 0.3) is 0 Å². The minimum Gasteiger partial charge on any atom is -0.465 e. The van der Waals surface area contributed by atoms with Crippen molar-refractivity contribution in [2.24, 2.45) is 39.7 Å². The highest BCUT2D eigenvalue weighted by Crippen LogP contribution is 2.70. The quantitative estimate of drug-likeness (QED) is 0.0369. The molecule has 0 amide bonds. The number of hydrogen-bond donors (Lipinski definition) is 1. The highest BCUT2D eigenvalue weighted by atomic mass is 16.5. The highest BCUT2D eigenvalue weighted by molar-refractivity contribution is 5.71. The Kier molecular flexibility index (Phi) is 29.9. The molecule has 2 unspecified atom stereocenters. The lowest BCUT2D eigenvalue weighted by Gasteiger charge is -2.66. The van der Waals surface area contributed by atoms with E-state index in [1.165, 1.54) is 180 Å². The summed E-state index contributed by atoms with van der Waals surface area (Å²) < 4.78 is 18.6. The molecule has 4 saturated carbocycles. The normalized spacial score (nSPS) is 22.5. The van der Waals surface area contributed by atoms with Crippen LogP contribution in [0.15, 0.2) is 0 Å². The van der Waals surface area contributed by atoms with Crippen molar-refractivity contribution < 1.29 is 28.6 Å². The standard InChI is InChI=1S/C57H105NO6/c1-5-9-13-17-21-25-29-33-49(34-30-26-22-18-14-10-6-2)37-52(59)62-46-55-39-51-40-56(43-55,45-57(41-51,44-55)48-64-54(61)42-58)47-63-53(60)38-50(35-31-27-23-19-15-11-7-3)36-32-28-24-20-16-12-8-4/h49-51H,5-48,58H2,1-4H3. The Bertz CT molecular complexity index is 1110. The maximum absolute atomic E-state index is 13.8. The Hall–Kier alpha value is -1.63. The second-order valence-corrected chi connectivity index (χ2v) is 22.5. The average Bonchev–Trinajstić information content (AvgIpc) is 3.27. The van der Waals surface area contributed by atoms with Gasteiger partial charge in [0, 0.05) is 29.1 Å². The van der Waals surface area contributed by atoms with Gasteiger partial charge in [0.15, 0.2) is 0 Å². The molecule has 64 heavy (non-hydrogen) atoms. The lowest BCUT2D eigenvalue weighted by atomic mass is 9.40. The van der Waals surface area contributed by atoms with Gasteiger partial charge in [-0.3, -0.25) is 14.4 Å². The minimum atomic E-state index is -0.363. The molecule has 4 rings (SSSR count). The van der Waals surface area contributed by atoms with Gasteiger partial charge in [-0.25, -0.2) is 0 Å². The first-order valence-corrected chi connectivity index (χ1v) is 28.3. The van der Waals surface area contributed by atoms with Gasteiger partial charge < -0.3 is 19.9 Å². The SMILES string of the molecule is CCCCCCCCCC(CCCCCCCCC)CC(=O)OCC12CC3CC(COC(=O)CN)(C1)CC(COC(=O)CC(CCCCCCCCC)CCCCCCCCC)(C3)C2. The van der Waals surface area contributed by atoms with Gasteiger partial charge in [0.1, 0.15) is 0 Å². The summed E-state index contributed by atoms with van der Waals surface area (Å²) in [6.07, 6.45) is 47.5. The molecule has 0 saturated heterocycles. The summed E-state index contributed by atoms with van der Waals surface area (Å²) >= 11 is 0. The fourth-order valence-corrected chi connectivity index (χ4v) is 13.1. The highest BCUT2D eigenvalue weighted by Gasteiger charge is 2.64. The van der Waals surface area contributed by atoms with Crippen LogP contribution in [0.1, 0.15) is 285 Å². The molecule has 2 atom stereocenters. The van der Waals surface area contributed by atoms with E-state index in [2.05, 4.69) is 27.7 Å². The molecule has 374 valence electrons. The molecular formula is C57H105NO6. The van der Waals surface area contributed by atoms with Crippen LogP contribution in [0.2, 0.25) is 0 Å². The first kappa shape index (κ1) is 56.7. The lowest BCUT2D eigenvalue weighted by Crippen LogP contribution is -2.61. The molecule has 0 aliphatic heterocycles. The fraction of sp³-hybridized carbons (Fsp3) is 0.947. The number of ether oxygens (including phenoxy) is 3. The summed E-state index contributed by atoms with van der Waals surface area (Å²) in [5.74, 6) is 0.784. The van der Waals surface area contributed by atoms with Gasteiger partial charge in [-0.05, 0) is 82.0 Å². The van der Waals surface area contributed by atoms with E-state index in [9.17, 15) is 14.4 Å². The van der Waals surface area contributed by atoms with E-state index < -0.39 is 0 Å². The van der Waals surface area contributed by atoms with Crippen molar-refractivity contribution in [3.8, 4) is 0 Å². The van der Waals surface area contributed by atoms with E-state index in [-0.39, 0.29) is 40.7 Å². The number of carbonyl (C=O) groups is 3. The molecule has 2 N–H and O–H groups in total. The third-order valence-corrected chi connectivity index (χ3v) is 16.0. The van der Waals surface area contributed by atoms with Gasteiger partial charge >= 0.3 is 17.9 Å². The predicted molar refractivity (Wildman–Crippen MR) is 267 cm³/mol. The third kappa shape index (κ3) is 23.4. The van der Waals surface area contributed by atoms with E-state index in [0.717, 1.165) is 64.2 Å². The van der Waals surface area contributed by atoms with Crippen LogP contribution >= 0.6 is 0 Å². The molecule has 0 radical (unpaired) electrons. The molecule has 0 spiro atoms. The number of nitrogens with two attached hydrogens (primary N) is 1. The van der Waals surface area contributed by atoms with Crippen LogP contribution in [-0.4, -0.2) is 44.3 Å². The second-order valence-electron chi connectivity index (χ2n) is 22.5. The van der Waals surface area contributed by atoms with Crippen LogP contribution in [0.5, 0.6) is 0 Å². The number of carbonyl (C=O) groups excluding carboxylic acids is 3. The van der Waals surface area contributed by atoms with Crippen LogP contribution < -0.4 is 5.73 Å². The van der Waals surface area contributed by atoms with E-state index in [4.69, 9.17) is 19.9 Å². The summed E-state index contributed by atoms with van der Waals surface area (Å²) in [4.78, 5) is 40.1. The van der Waals surface area contributed by atoms with Crippen LogP contribution in [0.25, 0.3) is 0 Å². The van der Waals surface area contributed by atoms with Crippen LogP contribution in [0.3, 0.4) is 0 Å². The molecule has 0 aromatic heterocycles. The van der Waals surface area contributed by atoms with E-state index in [1.54, 1.807) is 0 Å². The Balaban J connectivity index is 1.63. The van der Waals surface area contributed by atoms with Crippen molar-refractivity contribution in [1.29, 1.82) is 0 Å². The zero-order chi connectivity index (χ0) is 46.2. The zero-order valence-electron chi connectivity index (χ0n) is 42.9. The molecule has 4 fully saturated rings. The van der Waals surface area contributed by atoms with Gasteiger partial charge in [-0.15, -0.1) is 0 Å². The molecule has 0 heterocycles. The Morgan fingerprint density at radius 1 is 0.406 bits per heavy atom. The first-order valence-electron chi connectivity index (χ1n) is 28.3. The molecule has 7 nitrogen and oxygen atoms in total. The topological polar surface area (TPSA) is 105 Å². The molecule has 7 heteroatoms. The van der Waals surface area contributed by atoms with E-state index in [0.29, 0.717) is 50.4 Å². The van der Waals surface area contributed by atoms with Gasteiger partial charge in [0.2, 0.25) is 0 Å². The monoisotopic (exact) mass is 900 g/mol. The zero-order valence-corrected chi connectivity index (χ0v) is 42.9. The first-order chi connectivity index (χ1) is 31.1. The largest absolute Gasteiger partial charge is 0.465 e. The van der Waals surface area contributed by atoms with Gasteiger partial charge in [-0.1, -0.05) is 207 Å². The van der Waals surface area contributed by atoms with Crippen molar-refractivity contribution in [2.45, 2.75) is 285 Å². The van der Waals surface area contributed by atoms with Gasteiger partial charge in [-0.2, -0.15) is 0 Å². The Labute approximate surface area is 395 Å². The smallest absolute Gasteiger partial charge is 0.319 e. The minimum absolute atomic E-state index is 0.0383. The van der Waals surface area contributed by atoms with Crippen LogP contribution in [0.4, 0.5) is 0 Å². The molecule has 0 aromatic rings. The number of esters is 3. The van der Waals surface area contributed by atoms with E-state index in [1.807, 2.05) is 0 Å². The maximum Gasteiger partial charge on any atom is 0.319 e. The van der Waals surface area contributed by atoms with Crippen molar-refractivity contribution >= 4 is 17.9 Å². The Morgan fingerprint density at radius 2 is 0.656 bits per heavy atom. The summed E-state index contributed by atoms with van der Waals surface area (Å²) in [6.45, 7) is 10.2. The molecule has 4 aliphatic carbocycles. The summed E-state index contributed by atoms with van der Waals surface area (Å²) in [7, 11) is 0. The number of unbranched alkanes of at least 4 members (excludes halogenated alkanes) is 24. The summed E-state index contributed by atoms with van der Waals surface area (Å²) in [6, 6.07) is 0. The molecule has 0 aromatic carbocycles. The number of hydrogen-bond acceptors (Lipinski definition) is 7. The van der Waals surface area contributed by atoms with Crippen molar-refractivity contribution in [3.63, 3.8) is 0 Å². The van der Waals surface area contributed by atoms with E-state index >= 15 is 0 Å². The molecular weight excluding hydrogens is 795 g/mol. The maximum atomic E-state index is 13.8. The molecule has 4 bridgehead atoms. The van der Waals surface area contributed by atoms with Crippen molar-refractivity contribution in [2.75, 3.05) is 26.4 Å². The molecule has 4 aliphatic rings. The summed E-state index contributed by atoms with van der Waals surface area (Å²) in [5.41, 5.74) is 5.15. The fourth-order valence-electron chi connectivity index (χ4n) is 13.1.